The Morgan fingerprint density at radius 2 is 2.10 bits per heavy atom. The molecule has 1 aliphatic heterocycles. The van der Waals surface area contributed by atoms with Crippen molar-refractivity contribution in [1.82, 2.24) is 9.80 Å². The summed E-state index contributed by atoms with van der Waals surface area (Å²) in [7, 11) is 1.60. The first-order valence-electron chi connectivity index (χ1n) is 7.19. The number of nitrogens with one attached hydrogen (secondary N) is 1. The lowest BCUT2D eigenvalue weighted by Crippen LogP contribution is -2.51. The zero-order chi connectivity index (χ0) is 15.2. The third-order valence-corrected chi connectivity index (χ3v) is 3.50. The molecule has 1 aromatic carbocycles. The molecule has 0 aliphatic carbocycles. The molecule has 116 valence electrons. The van der Waals surface area contributed by atoms with Crippen molar-refractivity contribution in [1.29, 1.82) is 0 Å². The summed E-state index contributed by atoms with van der Waals surface area (Å²) in [4.78, 5) is 16.2. The Balaban J connectivity index is 1.84. The highest BCUT2D eigenvalue weighted by atomic mass is 16.5. The Morgan fingerprint density at radius 1 is 1.38 bits per heavy atom. The maximum absolute atomic E-state index is 12.2. The topological polar surface area (TPSA) is 65.0 Å². The van der Waals surface area contributed by atoms with Crippen LogP contribution in [0.2, 0.25) is 0 Å². The van der Waals surface area contributed by atoms with Gasteiger partial charge in [-0.1, -0.05) is 6.07 Å². The Labute approximate surface area is 125 Å². The lowest BCUT2D eigenvalue weighted by atomic mass is 10.3. The average molecular weight is 293 g/mol. The molecule has 2 rings (SSSR count). The van der Waals surface area contributed by atoms with Crippen LogP contribution in [0.25, 0.3) is 0 Å². The minimum absolute atomic E-state index is 0.0973. The zero-order valence-corrected chi connectivity index (χ0v) is 12.6. The van der Waals surface area contributed by atoms with Gasteiger partial charge in [0.1, 0.15) is 5.75 Å². The van der Waals surface area contributed by atoms with Crippen LogP contribution < -0.4 is 10.1 Å². The number of nitrogens with zero attached hydrogens (tertiary/aromatic N) is 2. The molecule has 0 spiro atoms. The SMILES string of the molecule is COc1cccc(NC(=O)N2CCN(C[C@H](C)O)CC2)c1. The third-order valence-electron chi connectivity index (χ3n) is 3.50. The van der Waals surface area contributed by atoms with Crippen LogP contribution in [0.3, 0.4) is 0 Å². The van der Waals surface area contributed by atoms with Crippen LogP contribution >= 0.6 is 0 Å². The maximum atomic E-state index is 12.2. The van der Waals surface area contributed by atoms with E-state index in [9.17, 15) is 9.90 Å². The fourth-order valence-corrected chi connectivity index (χ4v) is 2.41. The molecule has 0 bridgehead atoms. The highest BCUT2D eigenvalue weighted by Gasteiger charge is 2.21. The number of hydrogen-bond donors (Lipinski definition) is 2. The molecule has 1 heterocycles. The number of rotatable bonds is 4. The first-order chi connectivity index (χ1) is 10.1. The number of anilines is 1. The number of carbonyl (C=O) groups excluding carboxylic acids is 1. The molecule has 1 aliphatic rings. The molecule has 6 heteroatoms. The van der Waals surface area contributed by atoms with E-state index in [4.69, 9.17) is 4.74 Å². The summed E-state index contributed by atoms with van der Waals surface area (Å²) < 4.78 is 5.14. The molecule has 2 amide bonds. The van der Waals surface area contributed by atoms with Crippen LogP contribution in [0, 0.1) is 0 Å². The van der Waals surface area contributed by atoms with Gasteiger partial charge in [0, 0.05) is 44.5 Å². The van der Waals surface area contributed by atoms with Gasteiger partial charge in [-0.05, 0) is 19.1 Å². The van der Waals surface area contributed by atoms with Gasteiger partial charge in [0.15, 0.2) is 0 Å². The van der Waals surface area contributed by atoms with E-state index in [2.05, 4.69) is 10.2 Å². The molecule has 1 atom stereocenters. The zero-order valence-electron chi connectivity index (χ0n) is 12.6. The van der Waals surface area contributed by atoms with Gasteiger partial charge in [0.2, 0.25) is 0 Å². The predicted molar refractivity (Wildman–Crippen MR) is 81.7 cm³/mol. The number of aliphatic hydroxyl groups excluding tert-OH is 1. The van der Waals surface area contributed by atoms with E-state index in [-0.39, 0.29) is 12.1 Å². The number of urea groups is 1. The van der Waals surface area contributed by atoms with Crippen LogP contribution in [0.4, 0.5) is 10.5 Å². The number of aliphatic hydroxyl groups is 1. The number of hydrogen-bond acceptors (Lipinski definition) is 4. The van der Waals surface area contributed by atoms with Gasteiger partial charge >= 0.3 is 6.03 Å². The Hall–Kier alpha value is -1.79. The van der Waals surface area contributed by atoms with Gasteiger partial charge in [0.25, 0.3) is 0 Å². The second-order valence-corrected chi connectivity index (χ2v) is 5.30. The monoisotopic (exact) mass is 293 g/mol. The molecule has 0 unspecified atom stereocenters. The number of ether oxygens (including phenoxy) is 1. The quantitative estimate of drug-likeness (QED) is 0.876. The predicted octanol–water partition coefficient (Wildman–Crippen LogP) is 1.23. The van der Waals surface area contributed by atoms with Crippen molar-refractivity contribution < 1.29 is 14.6 Å². The normalized spacial score (nSPS) is 17.4. The third kappa shape index (κ3) is 4.61. The molecular weight excluding hydrogens is 270 g/mol. The van der Waals surface area contributed by atoms with Crippen molar-refractivity contribution in [3.63, 3.8) is 0 Å². The first kappa shape index (κ1) is 15.6. The van der Waals surface area contributed by atoms with Gasteiger partial charge in [-0.25, -0.2) is 4.79 Å². The van der Waals surface area contributed by atoms with Gasteiger partial charge < -0.3 is 20.1 Å². The van der Waals surface area contributed by atoms with E-state index in [1.807, 2.05) is 18.2 Å². The second-order valence-electron chi connectivity index (χ2n) is 5.30. The van der Waals surface area contributed by atoms with E-state index in [0.29, 0.717) is 19.6 Å². The van der Waals surface area contributed by atoms with E-state index in [1.165, 1.54) is 0 Å². The van der Waals surface area contributed by atoms with Crippen LogP contribution in [0.5, 0.6) is 5.75 Å². The fourth-order valence-electron chi connectivity index (χ4n) is 2.41. The summed E-state index contributed by atoms with van der Waals surface area (Å²) in [6.07, 6.45) is -0.331. The Kier molecular flexibility index (Phi) is 5.41. The van der Waals surface area contributed by atoms with Gasteiger partial charge in [-0.3, -0.25) is 4.90 Å². The number of methoxy groups -OCH3 is 1. The lowest BCUT2D eigenvalue weighted by molar-refractivity contribution is 0.0924. The molecule has 1 aromatic rings. The van der Waals surface area contributed by atoms with E-state index in [0.717, 1.165) is 24.5 Å². The molecule has 2 N–H and O–H groups in total. The molecule has 0 saturated carbocycles. The smallest absolute Gasteiger partial charge is 0.321 e. The maximum Gasteiger partial charge on any atom is 0.321 e. The molecule has 1 fully saturated rings. The Bertz CT molecular complexity index is 471. The number of piperazine rings is 1. The summed E-state index contributed by atoms with van der Waals surface area (Å²) in [6.45, 7) is 5.35. The minimum Gasteiger partial charge on any atom is -0.497 e. The summed E-state index contributed by atoms with van der Waals surface area (Å²) >= 11 is 0. The van der Waals surface area contributed by atoms with Crippen LogP contribution in [-0.2, 0) is 0 Å². The van der Waals surface area contributed by atoms with Crippen LogP contribution in [0.15, 0.2) is 24.3 Å². The number of β-amino-alcohol motifs (C(OH)–C–C–N with tert-alkyl or cyclic N) is 1. The summed E-state index contributed by atoms with van der Waals surface area (Å²) in [6, 6.07) is 7.21. The van der Waals surface area contributed by atoms with Crippen LogP contribution in [-0.4, -0.2) is 66.9 Å². The number of benzene rings is 1. The van der Waals surface area contributed by atoms with E-state index < -0.39 is 0 Å². The highest BCUT2D eigenvalue weighted by Crippen LogP contribution is 2.17. The molecule has 1 saturated heterocycles. The molecule has 21 heavy (non-hydrogen) atoms. The first-order valence-corrected chi connectivity index (χ1v) is 7.19. The van der Waals surface area contributed by atoms with Gasteiger partial charge in [-0.15, -0.1) is 0 Å². The van der Waals surface area contributed by atoms with Crippen molar-refractivity contribution in [2.45, 2.75) is 13.0 Å². The molecule has 0 aromatic heterocycles. The van der Waals surface area contributed by atoms with Crippen molar-refractivity contribution in [2.24, 2.45) is 0 Å². The fraction of sp³-hybridized carbons (Fsp3) is 0.533. The summed E-state index contributed by atoms with van der Waals surface area (Å²) in [5, 5.41) is 12.3. The Morgan fingerprint density at radius 3 is 2.71 bits per heavy atom. The highest BCUT2D eigenvalue weighted by molar-refractivity contribution is 5.89. The van der Waals surface area contributed by atoms with Gasteiger partial charge in [-0.2, -0.15) is 0 Å². The standard InChI is InChI=1S/C15H23N3O3/c1-12(19)11-17-6-8-18(9-7-17)15(20)16-13-4-3-5-14(10-13)21-2/h3-5,10,12,19H,6-9,11H2,1-2H3,(H,16,20)/t12-/m0/s1. The van der Waals surface area contributed by atoms with Gasteiger partial charge in [0.05, 0.1) is 13.2 Å². The minimum atomic E-state index is -0.331. The summed E-state index contributed by atoms with van der Waals surface area (Å²) in [5.74, 6) is 0.717. The van der Waals surface area contributed by atoms with E-state index in [1.54, 1.807) is 25.0 Å². The largest absolute Gasteiger partial charge is 0.497 e. The second kappa shape index (κ2) is 7.28. The molecule has 0 radical (unpaired) electrons. The average Bonchev–Trinajstić information content (AvgIpc) is 2.47. The van der Waals surface area contributed by atoms with Crippen molar-refractivity contribution >= 4 is 11.7 Å². The van der Waals surface area contributed by atoms with Crippen molar-refractivity contribution in [3.05, 3.63) is 24.3 Å². The number of amides is 2. The molecule has 6 nitrogen and oxygen atoms in total. The van der Waals surface area contributed by atoms with Crippen LogP contribution in [0.1, 0.15) is 6.92 Å². The summed E-state index contributed by atoms with van der Waals surface area (Å²) in [5.41, 5.74) is 0.728. The van der Waals surface area contributed by atoms with Crippen molar-refractivity contribution in [2.75, 3.05) is 45.2 Å². The van der Waals surface area contributed by atoms with Crippen molar-refractivity contribution in [3.8, 4) is 5.75 Å². The lowest BCUT2D eigenvalue weighted by Gasteiger charge is -2.35. The molecular formula is C15H23N3O3. The van der Waals surface area contributed by atoms with E-state index >= 15 is 0 Å². The number of carbonyl (C=O) groups is 1.